The van der Waals surface area contributed by atoms with Gasteiger partial charge in [-0.05, 0) is 42.2 Å². The van der Waals surface area contributed by atoms with Crippen LogP contribution in [0.25, 0.3) is 11.1 Å². The number of halogens is 2. The van der Waals surface area contributed by atoms with E-state index in [2.05, 4.69) is 26.8 Å². The summed E-state index contributed by atoms with van der Waals surface area (Å²) >= 11 is 6.01. The number of benzene rings is 2. The van der Waals surface area contributed by atoms with Gasteiger partial charge in [-0.2, -0.15) is 20.7 Å². The smallest absolute Gasteiger partial charge is 0.307 e. The molecule has 9 nitrogen and oxygen atoms in total. The van der Waals surface area contributed by atoms with Gasteiger partial charge < -0.3 is 10.4 Å². The summed E-state index contributed by atoms with van der Waals surface area (Å²) in [5.41, 5.74) is 1.96. The Balaban J connectivity index is 1.50. The van der Waals surface area contributed by atoms with Crippen LogP contribution in [0.1, 0.15) is 22.5 Å². The van der Waals surface area contributed by atoms with Crippen molar-refractivity contribution >= 4 is 23.5 Å². The van der Waals surface area contributed by atoms with Crippen molar-refractivity contribution in [3.8, 4) is 17.2 Å². The second kappa shape index (κ2) is 11.3. The van der Waals surface area contributed by atoms with E-state index in [4.69, 9.17) is 16.9 Å². The maximum atomic E-state index is 14.3. The van der Waals surface area contributed by atoms with Crippen molar-refractivity contribution in [2.45, 2.75) is 18.9 Å². The van der Waals surface area contributed by atoms with Crippen LogP contribution in [-0.2, 0) is 11.2 Å². The summed E-state index contributed by atoms with van der Waals surface area (Å²) in [5.74, 6) is -2.65. The number of nitrogens with one attached hydrogen (secondary N) is 2. The van der Waals surface area contributed by atoms with E-state index in [1.165, 1.54) is 18.3 Å². The molecule has 1 fully saturated rings. The van der Waals surface area contributed by atoms with E-state index >= 15 is 0 Å². The highest BCUT2D eigenvalue weighted by atomic mass is 35.5. The van der Waals surface area contributed by atoms with Crippen LogP contribution < -0.4 is 5.32 Å². The quantitative estimate of drug-likeness (QED) is 0.381. The first-order valence-electron chi connectivity index (χ1n) is 11.4. The van der Waals surface area contributed by atoms with E-state index < -0.39 is 23.8 Å². The van der Waals surface area contributed by atoms with Crippen molar-refractivity contribution in [3.63, 3.8) is 0 Å². The first-order valence-corrected chi connectivity index (χ1v) is 11.8. The van der Waals surface area contributed by atoms with Gasteiger partial charge in [0.25, 0.3) is 5.91 Å². The summed E-state index contributed by atoms with van der Waals surface area (Å²) in [7, 11) is 0. The highest BCUT2D eigenvalue weighted by Gasteiger charge is 2.32. The minimum Gasteiger partial charge on any atom is -0.481 e. The molecule has 3 N–H and O–H groups in total. The molecule has 1 amide bonds. The van der Waals surface area contributed by atoms with Crippen LogP contribution in [0.5, 0.6) is 0 Å². The molecule has 0 spiro atoms. The lowest BCUT2D eigenvalue weighted by molar-refractivity contribution is -0.143. The lowest BCUT2D eigenvalue weighted by Gasteiger charge is -2.37. The highest BCUT2D eigenvalue weighted by Crippen LogP contribution is 2.27. The minimum absolute atomic E-state index is 0.0787. The number of hydrogen-bond donors (Lipinski definition) is 3. The van der Waals surface area contributed by atoms with Gasteiger partial charge in [0, 0.05) is 36.3 Å². The lowest BCUT2D eigenvalue weighted by Crippen LogP contribution is -2.50. The average Bonchev–Trinajstić information content (AvgIpc) is 3.37. The summed E-state index contributed by atoms with van der Waals surface area (Å²) in [6.07, 6.45) is 1.82. The van der Waals surface area contributed by atoms with Gasteiger partial charge in [0.1, 0.15) is 5.82 Å². The number of nitrogens with zero attached hydrogens (tertiary/aromatic N) is 4. The van der Waals surface area contributed by atoms with E-state index in [-0.39, 0.29) is 30.4 Å². The van der Waals surface area contributed by atoms with Crippen molar-refractivity contribution in [2.24, 2.45) is 11.8 Å². The molecule has 0 radical (unpaired) electrons. The number of H-pyrrole nitrogens is 1. The minimum atomic E-state index is -0.970. The predicted octanol–water partition coefficient (Wildman–Crippen LogP) is 3.15. The SMILES string of the molecule is N#CC1CN(CC(CC(Cc2ccc(-c3cc(Cl)ccc3F)cc2)NC(=O)c2cn[nH]n2)C(=O)O)C1. The third-order valence-corrected chi connectivity index (χ3v) is 6.43. The van der Waals surface area contributed by atoms with Crippen LogP contribution in [0.2, 0.25) is 5.02 Å². The molecule has 186 valence electrons. The molecule has 4 rings (SSSR count). The Morgan fingerprint density at radius 2 is 2.03 bits per heavy atom. The van der Waals surface area contributed by atoms with Crippen LogP contribution in [0.3, 0.4) is 0 Å². The Kier molecular flexibility index (Phi) is 7.93. The number of carboxylic acid groups (broad SMARTS) is 1. The number of aromatic nitrogens is 3. The zero-order valence-corrected chi connectivity index (χ0v) is 20.0. The highest BCUT2D eigenvalue weighted by molar-refractivity contribution is 6.30. The standard InChI is InChI=1S/C25H24ClFN6O3/c26-19-5-6-22(27)21(9-19)17-3-1-15(2-4-17)7-20(30-24(34)23-11-29-32-31-23)8-18(25(35)36)14-33-12-16(10-28)13-33/h1-6,9,11,16,18,20H,7-8,12-14H2,(H,30,34)(H,35,36)(H,29,31,32). The Hall–Kier alpha value is -3.81. The molecule has 1 aliphatic heterocycles. The molecule has 11 heteroatoms. The van der Waals surface area contributed by atoms with Crippen LogP contribution in [0.15, 0.2) is 48.7 Å². The second-order valence-corrected chi connectivity index (χ2v) is 9.30. The maximum absolute atomic E-state index is 14.3. The largest absolute Gasteiger partial charge is 0.481 e. The van der Waals surface area contributed by atoms with Crippen LogP contribution in [-0.4, -0.2) is 63.0 Å². The monoisotopic (exact) mass is 510 g/mol. The molecule has 1 aromatic heterocycles. The molecule has 36 heavy (non-hydrogen) atoms. The van der Waals surface area contributed by atoms with Crippen molar-refractivity contribution in [3.05, 3.63) is 70.8 Å². The van der Waals surface area contributed by atoms with Gasteiger partial charge >= 0.3 is 5.97 Å². The van der Waals surface area contributed by atoms with Gasteiger partial charge in [-0.15, -0.1) is 0 Å². The second-order valence-electron chi connectivity index (χ2n) is 8.87. The molecule has 2 unspecified atom stereocenters. The van der Waals surface area contributed by atoms with E-state index in [0.29, 0.717) is 35.7 Å². The molecule has 2 heterocycles. The number of amides is 1. The molecule has 2 aromatic carbocycles. The maximum Gasteiger partial charge on any atom is 0.307 e. The first-order chi connectivity index (χ1) is 17.3. The fraction of sp³-hybridized carbons (Fsp3) is 0.320. The van der Waals surface area contributed by atoms with Crippen LogP contribution >= 0.6 is 11.6 Å². The van der Waals surface area contributed by atoms with Gasteiger partial charge in [-0.3, -0.25) is 14.5 Å². The average molecular weight is 511 g/mol. The molecular formula is C25H24ClFN6O3. The van der Waals surface area contributed by atoms with Gasteiger partial charge in [0.05, 0.1) is 24.1 Å². The van der Waals surface area contributed by atoms with Crippen LogP contribution in [0, 0.1) is 29.0 Å². The predicted molar refractivity (Wildman–Crippen MR) is 129 cm³/mol. The number of likely N-dealkylation sites (tertiary alicyclic amines) is 1. The van der Waals surface area contributed by atoms with Crippen molar-refractivity contribution in [1.82, 2.24) is 25.6 Å². The third kappa shape index (κ3) is 6.24. The Morgan fingerprint density at radius 3 is 2.67 bits per heavy atom. The van der Waals surface area contributed by atoms with Gasteiger partial charge in [0.15, 0.2) is 5.69 Å². The van der Waals surface area contributed by atoms with Gasteiger partial charge in [0.2, 0.25) is 0 Å². The summed E-state index contributed by atoms with van der Waals surface area (Å²) < 4.78 is 14.3. The number of rotatable bonds is 10. The van der Waals surface area contributed by atoms with E-state index in [1.54, 1.807) is 18.2 Å². The fourth-order valence-corrected chi connectivity index (χ4v) is 4.47. The van der Waals surface area contributed by atoms with Gasteiger partial charge in [-0.25, -0.2) is 4.39 Å². The Labute approximate surface area is 211 Å². The number of aliphatic carboxylic acids is 1. The lowest BCUT2D eigenvalue weighted by atomic mass is 9.91. The summed E-state index contributed by atoms with van der Waals surface area (Å²) in [4.78, 5) is 26.6. The molecule has 0 saturated carbocycles. The zero-order valence-electron chi connectivity index (χ0n) is 19.2. The molecular weight excluding hydrogens is 487 g/mol. The molecule has 1 saturated heterocycles. The first kappa shape index (κ1) is 25.3. The number of carbonyl (C=O) groups is 2. The molecule has 3 aromatic rings. The summed E-state index contributed by atoms with van der Waals surface area (Å²) in [6, 6.07) is 13.2. The number of hydrogen-bond acceptors (Lipinski definition) is 6. The molecule has 0 aliphatic carbocycles. The molecule has 0 bridgehead atoms. The Bertz CT molecular complexity index is 1260. The van der Waals surface area contributed by atoms with Crippen molar-refractivity contribution in [1.29, 1.82) is 5.26 Å². The topological polar surface area (TPSA) is 135 Å². The molecule has 2 atom stereocenters. The number of nitriles is 1. The fourth-order valence-electron chi connectivity index (χ4n) is 4.30. The zero-order chi connectivity index (χ0) is 25.7. The van der Waals surface area contributed by atoms with Crippen molar-refractivity contribution < 1.29 is 19.1 Å². The Morgan fingerprint density at radius 1 is 1.28 bits per heavy atom. The third-order valence-electron chi connectivity index (χ3n) is 6.19. The number of carboxylic acids is 1. The van der Waals surface area contributed by atoms with Gasteiger partial charge in [-0.1, -0.05) is 35.9 Å². The van der Waals surface area contributed by atoms with Crippen LogP contribution in [0.4, 0.5) is 4.39 Å². The molecule has 1 aliphatic rings. The summed E-state index contributed by atoms with van der Waals surface area (Å²) in [5, 5.41) is 31.9. The number of carbonyl (C=O) groups excluding carboxylic acids is 1. The van der Waals surface area contributed by atoms with Crippen molar-refractivity contribution in [2.75, 3.05) is 19.6 Å². The normalized spacial score (nSPS) is 15.5. The van der Waals surface area contributed by atoms with E-state index in [1.807, 2.05) is 17.0 Å². The van der Waals surface area contributed by atoms with E-state index in [9.17, 15) is 19.1 Å². The summed E-state index contributed by atoms with van der Waals surface area (Å²) in [6.45, 7) is 1.37. The van der Waals surface area contributed by atoms with E-state index in [0.717, 1.165) is 5.56 Å². The number of aromatic amines is 1.